The molecule has 170 valence electrons. The minimum absolute atomic E-state index is 0.298. The second-order valence-electron chi connectivity index (χ2n) is 10.2. The van der Waals surface area contributed by atoms with Gasteiger partial charge >= 0.3 is 5.97 Å². The van der Waals surface area contributed by atoms with Crippen molar-refractivity contribution in [1.29, 1.82) is 0 Å². The predicted molar refractivity (Wildman–Crippen MR) is 134 cm³/mol. The SMILES string of the molecule is CCCCCCC/C(=C/C(=O)OC)Nc1ccc(CCC[Si](C)(C)C(C)(C)C)cc1. The topological polar surface area (TPSA) is 38.3 Å². The molecule has 0 aromatic heterocycles. The van der Waals surface area contributed by atoms with Gasteiger partial charge in [-0.05, 0) is 42.0 Å². The number of hydrogen-bond donors (Lipinski definition) is 1. The lowest BCUT2D eigenvalue weighted by atomic mass is 10.1. The van der Waals surface area contributed by atoms with Crippen molar-refractivity contribution in [1.82, 2.24) is 0 Å². The maximum Gasteiger partial charge on any atom is 0.332 e. The molecular weight excluding hydrogens is 386 g/mol. The first-order chi connectivity index (χ1) is 14.1. The van der Waals surface area contributed by atoms with E-state index in [9.17, 15) is 4.79 Å². The highest BCUT2D eigenvalue weighted by atomic mass is 28.3. The molecular formula is C26H45NO2Si. The lowest BCUT2D eigenvalue weighted by Crippen LogP contribution is -2.36. The average molecular weight is 432 g/mol. The first-order valence-electron chi connectivity index (χ1n) is 11.7. The average Bonchev–Trinajstić information content (AvgIpc) is 2.68. The van der Waals surface area contributed by atoms with Crippen LogP contribution in [0.15, 0.2) is 36.0 Å². The number of hydrogen-bond acceptors (Lipinski definition) is 3. The van der Waals surface area contributed by atoms with Crippen molar-refractivity contribution in [2.75, 3.05) is 12.4 Å². The number of anilines is 1. The Morgan fingerprint density at radius 1 is 1.03 bits per heavy atom. The van der Waals surface area contributed by atoms with Crippen LogP contribution in [0.2, 0.25) is 24.2 Å². The lowest BCUT2D eigenvalue weighted by molar-refractivity contribution is -0.134. The number of carbonyl (C=O) groups excluding carboxylic acids is 1. The van der Waals surface area contributed by atoms with E-state index in [1.165, 1.54) is 50.8 Å². The number of carbonyl (C=O) groups is 1. The van der Waals surface area contributed by atoms with Crippen LogP contribution in [0, 0.1) is 0 Å². The van der Waals surface area contributed by atoms with E-state index in [4.69, 9.17) is 4.74 Å². The Morgan fingerprint density at radius 2 is 1.67 bits per heavy atom. The Hall–Kier alpha value is -1.55. The zero-order valence-electron chi connectivity index (χ0n) is 20.6. The molecule has 0 aliphatic rings. The lowest BCUT2D eigenvalue weighted by Gasteiger charge is -2.37. The first-order valence-corrected chi connectivity index (χ1v) is 14.9. The number of allylic oxidation sites excluding steroid dienone is 1. The number of rotatable bonds is 13. The Morgan fingerprint density at radius 3 is 2.23 bits per heavy atom. The van der Waals surface area contributed by atoms with E-state index in [2.05, 4.69) is 70.4 Å². The molecule has 3 nitrogen and oxygen atoms in total. The summed E-state index contributed by atoms with van der Waals surface area (Å²) in [4.78, 5) is 11.7. The van der Waals surface area contributed by atoms with Gasteiger partial charge in [-0.1, -0.05) is 91.1 Å². The summed E-state index contributed by atoms with van der Waals surface area (Å²) >= 11 is 0. The molecule has 0 fully saturated rings. The highest BCUT2D eigenvalue weighted by Gasteiger charge is 2.33. The summed E-state index contributed by atoms with van der Waals surface area (Å²) in [5.74, 6) is -0.298. The second-order valence-corrected chi connectivity index (χ2v) is 15.9. The van der Waals surface area contributed by atoms with E-state index in [1.54, 1.807) is 6.08 Å². The number of methoxy groups -OCH3 is 1. The van der Waals surface area contributed by atoms with Gasteiger partial charge in [0.2, 0.25) is 0 Å². The normalized spacial score (nSPS) is 12.7. The number of benzene rings is 1. The molecule has 0 spiro atoms. The molecule has 1 aromatic carbocycles. The largest absolute Gasteiger partial charge is 0.466 e. The van der Waals surface area contributed by atoms with E-state index in [0.717, 1.165) is 30.6 Å². The molecule has 0 heterocycles. The maximum absolute atomic E-state index is 11.7. The molecule has 30 heavy (non-hydrogen) atoms. The van der Waals surface area contributed by atoms with Gasteiger partial charge in [0.25, 0.3) is 0 Å². The van der Waals surface area contributed by atoms with Gasteiger partial charge in [0.15, 0.2) is 0 Å². The van der Waals surface area contributed by atoms with Crippen molar-refractivity contribution in [2.24, 2.45) is 0 Å². The third kappa shape index (κ3) is 9.97. The van der Waals surface area contributed by atoms with Gasteiger partial charge in [-0.2, -0.15) is 0 Å². The summed E-state index contributed by atoms with van der Waals surface area (Å²) in [7, 11) is 0.231. The molecule has 0 bridgehead atoms. The molecule has 1 rings (SSSR count). The van der Waals surface area contributed by atoms with Crippen LogP contribution >= 0.6 is 0 Å². The molecule has 1 aromatic rings. The van der Waals surface area contributed by atoms with Gasteiger partial charge in [-0.15, -0.1) is 0 Å². The quantitative estimate of drug-likeness (QED) is 0.149. The standard InChI is InChI=1S/C26H45NO2Si/c1-8-9-10-11-12-15-24(21-25(28)29-5)27-23-18-16-22(17-19-23)14-13-20-30(6,7)26(2,3)4/h16-19,21,27H,8-15,20H2,1-7H3/b24-21-. The molecule has 0 saturated heterocycles. The smallest absolute Gasteiger partial charge is 0.332 e. The van der Waals surface area contributed by atoms with E-state index in [-0.39, 0.29) is 5.97 Å². The van der Waals surface area contributed by atoms with Crippen molar-refractivity contribution >= 4 is 19.7 Å². The molecule has 1 N–H and O–H groups in total. The number of ether oxygens (including phenoxy) is 1. The monoisotopic (exact) mass is 431 g/mol. The number of aryl methyl sites for hydroxylation is 1. The summed E-state index contributed by atoms with van der Waals surface area (Å²) in [6.07, 6.45) is 10.9. The van der Waals surface area contributed by atoms with Gasteiger partial charge in [0.05, 0.1) is 15.2 Å². The van der Waals surface area contributed by atoms with Crippen molar-refractivity contribution < 1.29 is 9.53 Å². The number of nitrogens with one attached hydrogen (secondary N) is 1. The van der Waals surface area contributed by atoms with Crippen molar-refractivity contribution in [3.63, 3.8) is 0 Å². The summed E-state index contributed by atoms with van der Waals surface area (Å²) in [5, 5.41) is 3.89. The fraction of sp³-hybridized carbons (Fsp3) is 0.654. The Bertz CT molecular complexity index is 657. The molecule has 0 radical (unpaired) electrons. The van der Waals surface area contributed by atoms with Gasteiger partial charge in [0, 0.05) is 17.5 Å². The van der Waals surface area contributed by atoms with Crippen LogP contribution in [0.1, 0.15) is 78.2 Å². The molecule has 0 aliphatic carbocycles. The Labute approximate surface area is 186 Å². The second kappa shape index (κ2) is 13.0. The fourth-order valence-corrected chi connectivity index (χ4v) is 5.15. The van der Waals surface area contributed by atoms with Crippen molar-refractivity contribution in [3.8, 4) is 0 Å². The number of esters is 1. The minimum Gasteiger partial charge on any atom is -0.466 e. The summed E-state index contributed by atoms with van der Waals surface area (Å²) in [6.45, 7) is 14.4. The first kappa shape index (κ1) is 26.5. The zero-order valence-corrected chi connectivity index (χ0v) is 21.6. The maximum atomic E-state index is 11.7. The molecule has 0 atom stereocenters. The van der Waals surface area contributed by atoms with Crippen LogP contribution in [0.5, 0.6) is 0 Å². The molecule has 0 aliphatic heterocycles. The van der Waals surface area contributed by atoms with E-state index in [1.807, 2.05) is 0 Å². The van der Waals surface area contributed by atoms with E-state index < -0.39 is 8.07 Å². The Kier molecular flexibility index (Phi) is 11.5. The number of unbranched alkanes of at least 4 members (excludes halogenated alkanes) is 4. The van der Waals surface area contributed by atoms with Gasteiger partial charge in [0.1, 0.15) is 0 Å². The molecule has 0 amide bonds. The van der Waals surface area contributed by atoms with E-state index in [0.29, 0.717) is 5.04 Å². The van der Waals surface area contributed by atoms with Crippen LogP contribution in [-0.2, 0) is 16.0 Å². The van der Waals surface area contributed by atoms with Gasteiger partial charge < -0.3 is 10.1 Å². The minimum atomic E-state index is -1.20. The molecule has 0 saturated carbocycles. The fourth-order valence-electron chi connectivity index (χ4n) is 3.34. The zero-order chi connectivity index (χ0) is 22.6. The predicted octanol–water partition coefficient (Wildman–Crippen LogP) is 7.96. The van der Waals surface area contributed by atoms with Crippen LogP contribution in [0.25, 0.3) is 0 Å². The molecule has 0 unspecified atom stereocenters. The summed E-state index contributed by atoms with van der Waals surface area (Å²) in [5.41, 5.74) is 3.35. The van der Waals surface area contributed by atoms with Gasteiger partial charge in [-0.3, -0.25) is 0 Å². The van der Waals surface area contributed by atoms with E-state index >= 15 is 0 Å². The van der Waals surface area contributed by atoms with Crippen LogP contribution in [0.3, 0.4) is 0 Å². The summed E-state index contributed by atoms with van der Waals surface area (Å²) in [6, 6.07) is 10.0. The van der Waals surface area contributed by atoms with Crippen LogP contribution < -0.4 is 5.32 Å². The summed E-state index contributed by atoms with van der Waals surface area (Å²) < 4.78 is 4.83. The van der Waals surface area contributed by atoms with Crippen LogP contribution in [-0.4, -0.2) is 21.2 Å². The van der Waals surface area contributed by atoms with Crippen molar-refractivity contribution in [2.45, 2.75) is 103 Å². The highest BCUT2D eigenvalue weighted by molar-refractivity contribution is 6.80. The third-order valence-electron chi connectivity index (χ3n) is 6.60. The Balaban J connectivity index is 2.61. The van der Waals surface area contributed by atoms with Crippen molar-refractivity contribution in [3.05, 3.63) is 41.6 Å². The molecule has 4 heteroatoms. The van der Waals surface area contributed by atoms with Gasteiger partial charge in [-0.25, -0.2) is 4.79 Å². The van der Waals surface area contributed by atoms with Crippen LogP contribution in [0.4, 0.5) is 5.69 Å². The highest BCUT2D eigenvalue weighted by Crippen LogP contribution is 2.39. The third-order valence-corrected chi connectivity index (χ3v) is 12.3.